The first-order chi connectivity index (χ1) is 10.3. The predicted octanol–water partition coefficient (Wildman–Crippen LogP) is 5.14. The minimum atomic E-state index is 0.110. The third-order valence-electron chi connectivity index (χ3n) is 4.87. The Morgan fingerprint density at radius 3 is 1.86 bits per heavy atom. The highest BCUT2D eigenvalue weighted by Crippen LogP contribution is 2.36. The average molecular weight is 280 g/mol. The Labute approximate surface area is 127 Å². The molecule has 0 atom stereocenters. The van der Waals surface area contributed by atoms with Gasteiger partial charge in [-0.3, -0.25) is 0 Å². The molecule has 0 heterocycles. The fourth-order valence-corrected chi connectivity index (χ4v) is 3.34. The van der Waals surface area contributed by atoms with Crippen molar-refractivity contribution in [1.82, 2.24) is 0 Å². The highest BCUT2D eigenvalue weighted by molar-refractivity contribution is 5.64. The van der Waals surface area contributed by atoms with E-state index in [0.717, 1.165) is 17.4 Å². The number of benzene rings is 2. The van der Waals surface area contributed by atoms with E-state index in [1.165, 1.54) is 42.4 Å². The van der Waals surface area contributed by atoms with Gasteiger partial charge in [-0.05, 0) is 46.9 Å². The van der Waals surface area contributed by atoms with Gasteiger partial charge >= 0.3 is 0 Å². The third kappa shape index (κ3) is 3.36. The van der Waals surface area contributed by atoms with Crippen LogP contribution in [0, 0.1) is 5.92 Å². The summed E-state index contributed by atoms with van der Waals surface area (Å²) in [5.41, 5.74) is 4.94. The SMILES string of the molecule is CC1CCC(c2ccc(-c3ccc(CO)cc3)cc2)CC1. The van der Waals surface area contributed by atoms with Crippen LogP contribution in [0.25, 0.3) is 11.1 Å². The van der Waals surface area contributed by atoms with Crippen LogP contribution in [0.2, 0.25) is 0 Å². The molecule has 1 fully saturated rings. The lowest BCUT2D eigenvalue weighted by atomic mass is 9.79. The van der Waals surface area contributed by atoms with Crippen LogP contribution in [0.4, 0.5) is 0 Å². The summed E-state index contributed by atoms with van der Waals surface area (Å²) in [5.74, 6) is 1.66. The number of aliphatic hydroxyl groups is 1. The van der Waals surface area contributed by atoms with Crippen molar-refractivity contribution in [2.24, 2.45) is 5.92 Å². The van der Waals surface area contributed by atoms with Gasteiger partial charge in [-0.2, -0.15) is 0 Å². The molecule has 1 saturated carbocycles. The van der Waals surface area contributed by atoms with Gasteiger partial charge in [0.1, 0.15) is 0 Å². The second-order valence-corrected chi connectivity index (χ2v) is 6.43. The number of hydrogen-bond donors (Lipinski definition) is 1. The van der Waals surface area contributed by atoms with Crippen molar-refractivity contribution in [1.29, 1.82) is 0 Å². The molecule has 1 heteroatoms. The second kappa shape index (κ2) is 6.44. The van der Waals surface area contributed by atoms with E-state index < -0.39 is 0 Å². The summed E-state index contributed by atoms with van der Waals surface area (Å²) in [6.07, 6.45) is 5.42. The topological polar surface area (TPSA) is 20.2 Å². The monoisotopic (exact) mass is 280 g/mol. The average Bonchev–Trinajstić information content (AvgIpc) is 2.56. The smallest absolute Gasteiger partial charge is 0.0681 e. The summed E-state index contributed by atoms with van der Waals surface area (Å²) in [6, 6.07) is 17.2. The van der Waals surface area contributed by atoms with Gasteiger partial charge < -0.3 is 5.11 Å². The second-order valence-electron chi connectivity index (χ2n) is 6.43. The van der Waals surface area contributed by atoms with E-state index in [9.17, 15) is 0 Å². The Balaban J connectivity index is 1.74. The minimum Gasteiger partial charge on any atom is -0.392 e. The highest BCUT2D eigenvalue weighted by atomic mass is 16.3. The quantitative estimate of drug-likeness (QED) is 0.825. The highest BCUT2D eigenvalue weighted by Gasteiger charge is 2.19. The lowest BCUT2D eigenvalue weighted by molar-refractivity contribution is 0.282. The molecule has 0 spiro atoms. The summed E-state index contributed by atoms with van der Waals surface area (Å²) in [7, 11) is 0. The minimum absolute atomic E-state index is 0.110. The van der Waals surface area contributed by atoms with E-state index in [0.29, 0.717) is 0 Å². The van der Waals surface area contributed by atoms with Crippen LogP contribution in [0.3, 0.4) is 0 Å². The summed E-state index contributed by atoms with van der Waals surface area (Å²) in [4.78, 5) is 0. The molecule has 21 heavy (non-hydrogen) atoms. The first-order valence-electron chi connectivity index (χ1n) is 8.06. The molecule has 0 bridgehead atoms. The molecule has 2 aromatic carbocycles. The number of hydrogen-bond acceptors (Lipinski definition) is 1. The van der Waals surface area contributed by atoms with Gasteiger partial charge in [0.15, 0.2) is 0 Å². The van der Waals surface area contributed by atoms with E-state index >= 15 is 0 Å². The molecular weight excluding hydrogens is 256 g/mol. The van der Waals surface area contributed by atoms with Gasteiger partial charge in [-0.1, -0.05) is 68.3 Å². The van der Waals surface area contributed by atoms with Gasteiger partial charge in [0.05, 0.1) is 6.61 Å². The Morgan fingerprint density at radius 2 is 1.33 bits per heavy atom. The summed E-state index contributed by atoms with van der Waals surface area (Å²) < 4.78 is 0. The van der Waals surface area contributed by atoms with Crippen molar-refractivity contribution in [3.05, 3.63) is 59.7 Å². The van der Waals surface area contributed by atoms with Crippen LogP contribution >= 0.6 is 0 Å². The van der Waals surface area contributed by atoms with Gasteiger partial charge in [0, 0.05) is 0 Å². The zero-order valence-electron chi connectivity index (χ0n) is 12.8. The molecular formula is C20H24O. The molecule has 0 saturated heterocycles. The van der Waals surface area contributed by atoms with Crippen LogP contribution in [-0.2, 0) is 6.61 Å². The molecule has 0 unspecified atom stereocenters. The molecule has 1 N–H and O–H groups in total. The predicted molar refractivity (Wildman–Crippen MR) is 88.2 cm³/mol. The van der Waals surface area contributed by atoms with Crippen molar-refractivity contribution in [2.45, 2.75) is 45.1 Å². The van der Waals surface area contributed by atoms with Crippen LogP contribution in [-0.4, -0.2) is 5.11 Å². The summed E-state index contributed by atoms with van der Waals surface area (Å²) in [5, 5.41) is 9.10. The fraction of sp³-hybridized carbons (Fsp3) is 0.400. The lowest BCUT2D eigenvalue weighted by Crippen LogP contribution is -2.10. The van der Waals surface area contributed by atoms with E-state index in [2.05, 4.69) is 43.3 Å². The summed E-state index contributed by atoms with van der Waals surface area (Å²) in [6.45, 7) is 2.48. The summed E-state index contributed by atoms with van der Waals surface area (Å²) >= 11 is 0. The molecule has 110 valence electrons. The van der Waals surface area contributed by atoms with Crippen molar-refractivity contribution in [3.8, 4) is 11.1 Å². The normalized spacial score (nSPS) is 22.2. The molecule has 0 aliphatic heterocycles. The van der Waals surface area contributed by atoms with Crippen LogP contribution < -0.4 is 0 Å². The van der Waals surface area contributed by atoms with Gasteiger partial charge in [0.2, 0.25) is 0 Å². The van der Waals surface area contributed by atoms with Crippen LogP contribution in [0.1, 0.15) is 49.7 Å². The first-order valence-corrected chi connectivity index (χ1v) is 8.06. The lowest BCUT2D eigenvalue weighted by Gasteiger charge is -2.26. The van der Waals surface area contributed by atoms with Gasteiger partial charge in [0.25, 0.3) is 0 Å². The van der Waals surface area contributed by atoms with Crippen molar-refractivity contribution >= 4 is 0 Å². The number of aliphatic hydroxyl groups excluding tert-OH is 1. The zero-order chi connectivity index (χ0) is 14.7. The third-order valence-corrected chi connectivity index (χ3v) is 4.87. The molecule has 2 aromatic rings. The standard InChI is InChI=1S/C20H24O/c1-15-2-6-17(7-3-15)19-10-12-20(13-11-19)18-8-4-16(14-21)5-9-18/h4-5,8-13,15,17,21H,2-3,6-7,14H2,1H3. The molecule has 1 aliphatic rings. The molecule has 0 radical (unpaired) electrons. The maximum atomic E-state index is 9.10. The van der Waals surface area contributed by atoms with E-state index in [1.54, 1.807) is 0 Å². The molecule has 0 aromatic heterocycles. The van der Waals surface area contributed by atoms with Gasteiger partial charge in [-0.25, -0.2) is 0 Å². The van der Waals surface area contributed by atoms with Crippen molar-refractivity contribution < 1.29 is 5.11 Å². The molecule has 1 nitrogen and oxygen atoms in total. The fourth-order valence-electron chi connectivity index (χ4n) is 3.34. The van der Waals surface area contributed by atoms with E-state index in [4.69, 9.17) is 5.11 Å². The maximum Gasteiger partial charge on any atom is 0.0681 e. The van der Waals surface area contributed by atoms with Gasteiger partial charge in [-0.15, -0.1) is 0 Å². The van der Waals surface area contributed by atoms with Crippen molar-refractivity contribution in [3.63, 3.8) is 0 Å². The van der Waals surface area contributed by atoms with Crippen LogP contribution in [0.5, 0.6) is 0 Å². The van der Waals surface area contributed by atoms with E-state index in [1.807, 2.05) is 12.1 Å². The van der Waals surface area contributed by atoms with Crippen molar-refractivity contribution in [2.75, 3.05) is 0 Å². The molecule has 0 amide bonds. The Kier molecular flexibility index (Phi) is 4.40. The van der Waals surface area contributed by atoms with E-state index in [-0.39, 0.29) is 6.61 Å². The first kappa shape index (κ1) is 14.3. The zero-order valence-corrected chi connectivity index (χ0v) is 12.8. The maximum absolute atomic E-state index is 9.10. The molecule has 1 aliphatic carbocycles. The molecule has 3 rings (SSSR count). The number of rotatable bonds is 3. The Morgan fingerprint density at radius 1 is 0.810 bits per heavy atom. The Bertz CT molecular complexity index is 560. The largest absolute Gasteiger partial charge is 0.392 e. The Hall–Kier alpha value is -1.60. The van der Waals surface area contributed by atoms with Crippen LogP contribution in [0.15, 0.2) is 48.5 Å².